The summed E-state index contributed by atoms with van der Waals surface area (Å²) in [6.45, 7) is 7.33. The summed E-state index contributed by atoms with van der Waals surface area (Å²) >= 11 is 12.7. The quantitative estimate of drug-likeness (QED) is 0.886. The highest BCUT2D eigenvalue weighted by molar-refractivity contribution is 6.36. The first-order valence-corrected chi connectivity index (χ1v) is 8.14. The summed E-state index contributed by atoms with van der Waals surface area (Å²) in [4.78, 5) is 2.44. The lowest BCUT2D eigenvalue weighted by Gasteiger charge is -2.42. The van der Waals surface area contributed by atoms with Gasteiger partial charge in [0.1, 0.15) is 0 Å². The van der Waals surface area contributed by atoms with Crippen molar-refractivity contribution in [2.24, 2.45) is 11.1 Å². The number of hydrogen-bond acceptors (Lipinski definition) is 2. The van der Waals surface area contributed by atoms with Crippen molar-refractivity contribution in [1.29, 1.82) is 0 Å². The largest absolute Gasteiger partial charge is 0.329 e. The predicted octanol–water partition coefficient (Wildman–Crippen LogP) is 4.51. The third-order valence-corrected chi connectivity index (χ3v) is 5.51. The summed E-state index contributed by atoms with van der Waals surface area (Å²) in [6.07, 6.45) is 3.66. The summed E-state index contributed by atoms with van der Waals surface area (Å²) in [5.74, 6) is 0. The van der Waals surface area contributed by atoms with Crippen LogP contribution in [-0.4, -0.2) is 24.5 Å². The highest BCUT2D eigenvalue weighted by atomic mass is 35.5. The molecule has 0 aromatic heterocycles. The highest BCUT2D eigenvalue weighted by Crippen LogP contribution is 2.39. The van der Waals surface area contributed by atoms with Gasteiger partial charge >= 0.3 is 0 Å². The molecule has 0 saturated carbocycles. The van der Waals surface area contributed by atoms with Crippen LogP contribution in [0.4, 0.5) is 0 Å². The zero-order chi connectivity index (χ0) is 14.8. The smallest absolute Gasteiger partial charge is 0.0500 e. The standard InChI is InChI=1S/C16H24Cl2N2/c1-3-16(2)7-9-20(10-8-16)14(11-19)15-12(17)5-4-6-13(15)18/h4-6,14H,3,7-11,19H2,1-2H3. The SMILES string of the molecule is CCC1(C)CCN(C(CN)c2c(Cl)cccc2Cl)CC1. The molecule has 1 heterocycles. The van der Waals surface area contributed by atoms with Crippen LogP contribution in [0.2, 0.25) is 10.0 Å². The maximum Gasteiger partial charge on any atom is 0.0500 e. The molecule has 1 fully saturated rings. The fourth-order valence-electron chi connectivity index (χ4n) is 3.01. The van der Waals surface area contributed by atoms with Crippen molar-refractivity contribution in [3.05, 3.63) is 33.8 Å². The second-order valence-electron chi connectivity index (χ2n) is 6.09. The molecule has 112 valence electrons. The number of halogens is 2. The normalized spacial score (nSPS) is 20.9. The van der Waals surface area contributed by atoms with Gasteiger partial charge in [0, 0.05) is 28.2 Å². The van der Waals surface area contributed by atoms with Crippen LogP contribution in [0.1, 0.15) is 44.7 Å². The van der Waals surface area contributed by atoms with E-state index in [2.05, 4.69) is 18.7 Å². The van der Waals surface area contributed by atoms with E-state index in [-0.39, 0.29) is 6.04 Å². The molecule has 0 spiro atoms. The number of benzene rings is 1. The average Bonchev–Trinajstić information content (AvgIpc) is 2.44. The van der Waals surface area contributed by atoms with Gasteiger partial charge in [0.2, 0.25) is 0 Å². The number of nitrogens with two attached hydrogens (primary N) is 1. The minimum absolute atomic E-state index is 0.123. The topological polar surface area (TPSA) is 29.3 Å². The molecule has 2 rings (SSSR count). The van der Waals surface area contributed by atoms with Gasteiger partial charge in [-0.05, 0) is 43.5 Å². The van der Waals surface area contributed by atoms with Gasteiger partial charge in [-0.1, -0.05) is 49.5 Å². The van der Waals surface area contributed by atoms with Gasteiger partial charge < -0.3 is 5.73 Å². The zero-order valence-electron chi connectivity index (χ0n) is 12.3. The van der Waals surface area contributed by atoms with E-state index in [1.807, 2.05) is 18.2 Å². The molecule has 2 nitrogen and oxygen atoms in total. The Bertz CT molecular complexity index is 434. The molecule has 1 aliphatic rings. The van der Waals surface area contributed by atoms with Gasteiger partial charge in [-0.15, -0.1) is 0 Å². The lowest BCUT2D eigenvalue weighted by Crippen LogP contribution is -2.43. The van der Waals surface area contributed by atoms with Crippen molar-refractivity contribution in [3.63, 3.8) is 0 Å². The van der Waals surface area contributed by atoms with Gasteiger partial charge in [-0.25, -0.2) is 0 Å². The first-order valence-electron chi connectivity index (χ1n) is 7.39. The summed E-state index contributed by atoms with van der Waals surface area (Å²) in [6, 6.07) is 5.79. The Balaban J connectivity index is 2.18. The Labute approximate surface area is 132 Å². The molecule has 1 aromatic carbocycles. The summed E-state index contributed by atoms with van der Waals surface area (Å²) in [5.41, 5.74) is 7.47. The average molecular weight is 315 g/mol. The van der Waals surface area contributed by atoms with Gasteiger partial charge in [0.25, 0.3) is 0 Å². The molecular formula is C16H24Cl2N2. The van der Waals surface area contributed by atoms with Crippen molar-refractivity contribution >= 4 is 23.2 Å². The third kappa shape index (κ3) is 3.30. The summed E-state index contributed by atoms with van der Waals surface area (Å²) in [5, 5.41) is 1.44. The summed E-state index contributed by atoms with van der Waals surface area (Å²) in [7, 11) is 0. The van der Waals surface area contributed by atoms with Crippen LogP contribution in [-0.2, 0) is 0 Å². The van der Waals surface area contributed by atoms with Gasteiger partial charge in [0.05, 0.1) is 0 Å². The molecule has 0 amide bonds. The van der Waals surface area contributed by atoms with Crippen LogP contribution in [0.25, 0.3) is 0 Å². The van der Waals surface area contributed by atoms with E-state index in [1.54, 1.807) is 0 Å². The van der Waals surface area contributed by atoms with E-state index < -0.39 is 0 Å². The minimum atomic E-state index is 0.123. The number of hydrogen-bond donors (Lipinski definition) is 1. The molecular weight excluding hydrogens is 291 g/mol. The second-order valence-corrected chi connectivity index (χ2v) is 6.90. The Morgan fingerprint density at radius 1 is 1.25 bits per heavy atom. The Hall–Kier alpha value is -0.280. The molecule has 1 atom stereocenters. The van der Waals surface area contributed by atoms with E-state index >= 15 is 0 Å². The molecule has 4 heteroatoms. The molecule has 0 radical (unpaired) electrons. The Kier molecular flexibility index (Phi) is 5.36. The van der Waals surface area contributed by atoms with Crippen LogP contribution >= 0.6 is 23.2 Å². The number of piperidine rings is 1. The van der Waals surface area contributed by atoms with Crippen LogP contribution in [0.15, 0.2) is 18.2 Å². The Morgan fingerprint density at radius 3 is 2.25 bits per heavy atom. The lowest BCUT2D eigenvalue weighted by molar-refractivity contribution is 0.0829. The molecule has 20 heavy (non-hydrogen) atoms. The molecule has 0 aliphatic carbocycles. The molecule has 0 bridgehead atoms. The molecule has 1 aliphatic heterocycles. The first-order chi connectivity index (χ1) is 9.50. The van der Waals surface area contributed by atoms with E-state index in [1.165, 1.54) is 19.3 Å². The Morgan fingerprint density at radius 2 is 1.80 bits per heavy atom. The number of likely N-dealkylation sites (tertiary alicyclic amines) is 1. The molecule has 1 aromatic rings. The van der Waals surface area contributed by atoms with Crippen molar-refractivity contribution in [1.82, 2.24) is 4.90 Å². The second kappa shape index (κ2) is 6.65. The fourth-order valence-corrected chi connectivity index (χ4v) is 3.66. The fraction of sp³-hybridized carbons (Fsp3) is 0.625. The number of rotatable bonds is 4. The van der Waals surface area contributed by atoms with Crippen LogP contribution in [0.5, 0.6) is 0 Å². The summed E-state index contributed by atoms with van der Waals surface area (Å²) < 4.78 is 0. The van der Waals surface area contributed by atoms with Crippen molar-refractivity contribution < 1.29 is 0 Å². The number of nitrogens with zero attached hydrogens (tertiary/aromatic N) is 1. The molecule has 2 N–H and O–H groups in total. The monoisotopic (exact) mass is 314 g/mol. The van der Waals surface area contributed by atoms with Gasteiger partial charge in [-0.2, -0.15) is 0 Å². The van der Waals surface area contributed by atoms with Crippen LogP contribution in [0, 0.1) is 5.41 Å². The third-order valence-electron chi connectivity index (χ3n) is 4.86. The van der Waals surface area contributed by atoms with E-state index in [0.29, 0.717) is 12.0 Å². The van der Waals surface area contributed by atoms with Crippen molar-refractivity contribution in [2.75, 3.05) is 19.6 Å². The molecule has 1 unspecified atom stereocenters. The molecule has 1 saturated heterocycles. The van der Waals surface area contributed by atoms with E-state index in [9.17, 15) is 0 Å². The van der Waals surface area contributed by atoms with E-state index in [0.717, 1.165) is 28.7 Å². The predicted molar refractivity (Wildman–Crippen MR) is 87.5 cm³/mol. The highest BCUT2D eigenvalue weighted by Gasteiger charge is 2.32. The van der Waals surface area contributed by atoms with Crippen molar-refractivity contribution in [3.8, 4) is 0 Å². The maximum atomic E-state index is 6.34. The van der Waals surface area contributed by atoms with Crippen LogP contribution < -0.4 is 5.73 Å². The van der Waals surface area contributed by atoms with E-state index in [4.69, 9.17) is 28.9 Å². The van der Waals surface area contributed by atoms with Crippen LogP contribution in [0.3, 0.4) is 0 Å². The van der Waals surface area contributed by atoms with Gasteiger partial charge in [-0.3, -0.25) is 4.90 Å². The minimum Gasteiger partial charge on any atom is -0.329 e. The zero-order valence-corrected chi connectivity index (χ0v) is 13.8. The van der Waals surface area contributed by atoms with Gasteiger partial charge in [0.15, 0.2) is 0 Å². The first kappa shape index (κ1) is 16.1. The maximum absolute atomic E-state index is 6.34. The van der Waals surface area contributed by atoms with Crippen molar-refractivity contribution in [2.45, 2.75) is 39.2 Å². The lowest BCUT2D eigenvalue weighted by atomic mass is 9.78.